The monoisotopic (exact) mass is 293 g/mol. The lowest BCUT2D eigenvalue weighted by Gasteiger charge is -2.12. The first-order valence-electron chi connectivity index (χ1n) is 7.26. The lowest BCUT2D eigenvalue weighted by molar-refractivity contribution is 0.0952. The number of carbonyl (C=O) groups excluding carboxylic acids is 1. The molecular weight excluding hydrogens is 266 g/mol. The topological polar surface area (TPSA) is 60.5 Å². The molecular formula is C15H27N5O. The maximum absolute atomic E-state index is 12.0. The molecule has 0 atom stereocenters. The molecule has 0 radical (unpaired) electrons. The van der Waals surface area contributed by atoms with E-state index in [1.807, 2.05) is 28.2 Å². The van der Waals surface area contributed by atoms with Gasteiger partial charge >= 0.3 is 0 Å². The number of rotatable bonds is 9. The van der Waals surface area contributed by atoms with Crippen LogP contribution in [0.4, 0.5) is 5.82 Å². The van der Waals surface area contributed by atoms with Crippen molar-refractivity contribution in [1.29, 1.82) is 0 Å². The third-order valence-corrected chi connectivity index (χ3v) is 2.95. The minimum absolute atomic E-state index is 0.0492. The number of hydrogen-bond donors (Lipinski definition) is 2. The van der Waals surface area contributed by atoms with Crippen molar-refractivity contribution >= 4 is 11.7 Å². The van der Waals surface area contributed by atoms with Crippen molar-refractivity contribution < 1.29 is 4.79 Å². The largest absolute Gasteiger partial charge is 0.369 e. The number of aromatic nitrogens is 1. The van der Waals surface area contributed by atoms with Crippen LogP contribution in [0.2, 0.25) is 0 Å². The fourth-order valence-corrected chi connectivity index (χ4v) is 1.78. The van der Waals surface area contributed by atoms with Gasteiger partial charge in [-0.25, -0.2) is 4.98 Å². The van der Waals surface area contributed by atoms with E-state index >= 15 is 0 Å². The lowest BCUT2D eigenvalue weighted by Crippen LogP contribution is -2.27. The van der Waals surface area contributed by atoms with Gasteiger partial charge in [-0.15, -0.1) is 0 Å². The second kappa shape index (κ2) is 9.31. The van der Waals surface area contributed by atoms with Crippen LogP contribution in [0.25, 0.3) is 0 Å². The average Bonchev–Trinajstić information content (AvgIpc) is 2.43. The van der Waals surface area contributed by atoms with Crippen LogP contribution in [0.5, 0.6) is 0 Å². The molecule has 1 rings (SSSR count). The fraction of sp³-hybridized carbons (Fsp3) is 0.600. The minimum atomic E-state index is -0.0492. The number of anilines is 1. The van der Waals surface area contributed by atoms with Gasteiger partial charge in [0, 0.05) is 31.4 Å². The van der Waals surface area contributed by atoms with Gasteiger partial charge in [0.05, 0.1) is 0 Å². The minimum Gasteiger partial charge on any atom is -0.369 e. The highest BCUT2D eigenvalue weighted by molar-refractivity contribution is 5.94. The van der Waals surface area contributed by atoms with Crippen molar-refractivity contribution in [2.24, 2.45) is 0 Å². The van der Waals surface area contributed by atoms with Crippen molar-refractivity contribution in [3.63, 3.8) is 0 Å². The molecule has 0 aliphatic carbocycles. The number of likely N-dealkylation sites (N-methyl/N-ethyl adjacent to an activating group) is 1. The standard InChI is InChI=1S/C15H27N5O/c1-19(2)10-5-7-18-15(21)13-6-8-16-14(12-13)17-9-11-20(3)4/h6,8,12H,5,7,9-11H2,1-4H3,(H,16,17)(H,18,21). The molecule has 0 saturated carbocycles. The molecule has 0 aliphatic rings. The Morgan fingerprint density at radius 2 is 1.86 bits per heavy atom. The van der Waals surface area contributed by atoms with Crippen molar-refractivity contribution in [2.75, 3.05) is 59.7 Å². The Labute approximate surface area is 127 Å². The molecule has 1 amide bonds. The molecule has 6 heteroatoms. The Morgan fingerprint density at radius 1 is 1.14 bits per heavy atom. The highest BCUT2D eigenvalue weighted by Crippen LogP contribution is 2.06. The summed E-state index contributed by atoms with van der Waals surface area (Å²) in [4.78, 5) is 20.5. The zero-order chi connectivity index (χ0) is 15.7. The molecule has 0 bridgehead atoms. The first kappa shape index (κ1) is 17.4. The molecule has 1 heterocycles. The molecule has 1 aromatic heterocycles. The van der Waals surface area contributed by atoms with Gasteiger partial charge in [-0.2, -0.15) is 0 Å². The molecule has 21 heavy (non-hydrogen) atoms. The molecule has 0 aromatic carbocycles. The summed E-state index contributed by atoms with van der Waals surface area (Å²) < 4.78 is 0. The highest BCUT2D eigenvalue weighted by Gasteiger charge is 2.06. The summed E-state index contributed by atoms with van der Waals surface area (Å²) in [6, 6.07) is 3.52. The Hall–Kier alpha value is -1.66. The Bertz CT molecular complexity index is 434. The number of nitrogens with zero attached hydrogens (tertiary/aromatic N) is 3. The van der Waals surface area contributed by atoms with Crippen molar-refractivity contribution in [3.8, 4) is 0 Å². The number of hydrogen-bond acceptors (Lipinski definition) is 5. The fourth-order valence-electron chi connectivity index (χ4n) is 1.78. The third-order valence-electron chi connectivity index (χ3n) is 2.95. The molecule has 0 unspecified atom stereocenters. The van der Waals surface area contributed by atoms with Gasteiger partial charge < -0.3 is 20.4 Å². The molecule has 0 fully saturated rings. The molecule has 6 nitrogen and oxygen atoms in total. The quantitative estimate of drug-likeness (QED) is 0.658. The summed E-state index contributed by atoms with van der Waals surface area (Å²) in [5.74, 6) is 0.685. The SMILES string of the molecule is CN(C)CCCNC(=O)c1ccnc(NCCN(C)C)c1. The van der Waals surface area contributed by atoms with Crippen LogP contribution in [0.3, 0.4) is 0 Å². The summed E-state index contributed by atoms with van der Waals surface area (Å²) in [5, 5.41) is 6.14. The van der Waals surface area contributed by atoms with Crippen molar-refractivity contribution in [2.45, 2.75) is 6.42 Å². The number of nitrogens with one attached hydrogen (secondary N) is 2. The molecule has 0 aliphatic heterocycles. The summed E-state index contributed by atoms with van der Waals surface area (Å²) in [5.41, 5.74) is 0.641. The van der Waals surface area contributed by atoms with Crippen LogP contribution in [0, 0.1) is 0 Å². The van der Waals surface area contributed by atoms with Crippen LogP contribution in [-0.4, -0.2) is 75.1 Å². The van der Waals surface area contributed by atoms with Gasteiger partial charge in [0.25, 0.3) is 5.91 Å². The van der Waals surface area contributed by atoms with Crippen molar-refractivity contribution in [1.82, 2.24) is 20.1 Å². The van der Waals surface area contributed by atoms with Crippen LogP contribution in [-0.2, 0) is 0 Å². The summed E-state index contributed by atoms with van der Waals surface area (Å²) in [6.07, 6.45) is 2.60. The van der Waals surface area contributed by atoms with E-state index < -0.39 is 0 Å². The van der Waals surface area contributed by atoms with E-state index in [-0.39, 0.29) is 5.91 Å². The Morgan fingerprint density at radius 3 is 2.52 bits per heavy atom. The lowest BCUT2D eigenvalue weighted by atomic mass is 10.2. The maximum Gasteiger partial charge on any atom is 0.251 e. The molecule has 2 N–H and O–H groups in total. The first-order chi connectivity index (χ1) is 9.99. The molecule has 0 spiro atoms. The normalized spacial score (nSPS) is 11.0. The Kier molecular flexibility index (Phi) is 7.71. The van der Waals surface area contributed by atoms with Gasteiger partial charge in [0.15, 0.2) is 0 Å². The predicted octanol–water partition coefficient (Wildman–Crippen LogP) is 0.737. The maximum atomic E-state index is 12.0. The van der Waals surface area contributed by atoms with E-state index in [0.29, 0.717) is 12.1 Å². The third kappa shape index (κ3) is 7.63. The van der Waals surface area contributed by atoms with E-state index in [0.717, 1.165) is 31.9 Å². The number of amides is 1. The molecule has 1 aromatic rings. The van der Waals surface area contributed by atoms with E-state index in [4.69, 9.17) is 0 Å². The summed E-state index contributed by atoms with van der Waals surface area (Å²) in [7, 11) is 8.09. The van der Waals surface area contributed by atoms with Gasteiger partial charge in [0.1, 0.15) is 5.82 Å². The smallest absolute Gasteiger partial charge is 0.251 e. The number of carbonyl (C=O) groups is 1. The van der Waals surface area contributed by atoms with E-state index in [1.165, 1.54) is 0 Å². The van der Waals surface area contributed by atoms with E-state index in [1.54, 1.807) is 18.3 Å². The van der Waals surface area contributed by atoms with Crippen molar-refractivity contribution in [3.05, 3.63) is 23.9 Å². The summed E-state index contributed by atoms with van der Waals surface area (Å²) >= 11 is 0. The second-order valence-corrected chi connectivity index (χ2v) is 5.57. The van der Waals surface area contributed by atoms with Gasteiger partial charge in [-0.1, -0.05) is 0 Å². The van der Waals surface area contributed by atoms with Gasteiger partial charge in [-0.3, -0.25) is 4.79 Å². The van der Waals surface area contributed by atoms with Crippen LogP contribution in [0.15, 0.2) is 18.3 Å². The van der Waals surface area contributed by atoms with Crippen LogP contribution in [0.1, 0.15) is 16.8 Å². The number of pyridine rings is 1. The van der Waals surface area contributed by atoms with E-state index in [2.05, 4.69) is 25.4 Å². The van der Waals surface area contributed by atoms with Crippen LogP contribution < -0.4 is 10.6 Å². The molecule has 0 saturated heterocycles. The van der Waals surface area contributed by atoms with E-state index in [9.17, 15) is 4.79 Å². The predicted molar refractivity (Wildman–Crippen MR) is 86.8 cm³/mol. The zero-order valence-corrected chi connectivity index (χ0v) is 13.5. The molecule has 118 valence electrons. The summed E-state index contributed by atoms with van der Waals surface area (Å²) in [6.45, 7) is 3.37. The van der Waals surface area contributed by atoms with Gasteiger partial charge in [-0.05, 0) is 53.3 Å². The highest BCUT2D eigenvalue weighted by atomic mass is 16.1. The second-order valence-electron chi connectivity index (χ2n) is 5.57. The zero-order valence-electron chi connectivity index (χ0n) is 13.5. The average molecular weight is 293 g/mol. The van der Waals surface area contributed by atoms with Crippen LogP contribution >= 0.6 is 0 Å². The van der Waals surface area contributed by atoms with Gasteiger partial charge in [0.2, 0.25) is 0 Å². The first-order valence-corrected chi connectivity index (χ1v) is 7.26. The Balaban J connectivity index is 2.41.